The number of para-hydroxylation sites is 1. The summed E-state index contributed by atoms with van der Waals surface area (Å²) in [5.74, 6) is -0.150. The minimum absolute atomic E-state index is 0.224. The van der Waals surface area contributed by atoms with Crippen LogP contribution in [0, 0.1) is 17.8 Å². The van der Waals surface area contributed by atoms with E-state index in [0.717, 1.165) is 55.5 Å². The Hall–Kier alpha value is -2.21. The zero-order chi connectivity index (χ0) is 24.1. The molecule has 6 heteroatoms. The average molecular weight is 468 g/mol. The molecule has 2 fully saturated rings. The Balaban J connectivity index is 1.62. The summed E-state index contributed by atoms with van der Waals surface area (Å²) in [6, 6.07) is 7.96. The van der Waals surface area contributed by atoms with Crippen LogP contribution >= 0.6 is 0 Å². The molecule has 0 radical (unpaired) electrons. The highest BCUT2D eigenvalue weighted by Gasteiger charge is 2.38. The third-order valence-electron chi connectivity index (χ3n) is 7.83. The maximum Gasteiger partial charge on any atom is 0.272 e. The number of likely N-dealkylation sites (N-methyl/N-ethyl adjacent to an activating group) is 1. The number of unbranched alkanes of at least 4 members (excludes halogenated alkanes) is 1. The van der Waals surface area contributed by atoms with Crippen molar-refractivity contribution in [1.29, 1.82) is 0 Å². The standard InChI is InChI=1S/C28H41N3O3/c1-3-4-15-24(32)22(18-19-16-17-19)27(33)30-26-28(34)31(2)23-14-10-9-13-21(23)25(29-26)20-11-7-5-6-8-12-20/h9-10,13-14,19-20,22,24,26,32H,3-8,11-12,15-18H2,1-2H3,(H,30,33)/t22-,24+,26?/m1/s1. The molecule has 1 aromatic carbocycles. The van der Waals surface area contributed by atoms with E-state index < -0.39 is 18.2 Å². The molecule has 2 amide bonds. The smallest absolute Gasteiger partial charge is 0.272 e. The van der Waals surface area contributed by atoms with Crippen molar-refractivity contribution < 1.29 is 14.7 Å². The molecule has 0 spiro atoms. The molecular weight excluding hydrogens is 426 g/mol. The monoisotopic (exact) mass is 467 g/mol. The molecule has 0 saturated heterocycles. The molecule has 1 aromatic rings. The lowest BCUT2D eigenvalue weighted by atomic mass is 9.89. The van der Waals surface area contributed by atoms with E-state index in [1.54, 1.807) is 11.9 Å². The molecule has 3 atom stereocenters. The summed E-state index contributed by atoms with van der Waals surface area (Å²) in [5, 5.41) is 13.8. The van der Waals surface area contributed by atoms with Crippen LogP contribution in [0.3, 0.4) is 0 Å². The van der Waals surface area contributed by atoms with Crippen LogP contribution in [0.4, 0.5) is 5.69 Å². The van der Waals surface area contributed by atoms with Crippen LogP contribution in [-0.2, 0) is 9.59 Å². The van der Waals surface area contributed by atoms with Crippen LogP contribution < -0.4 is 10.2 Å². The number of carbonyl (C=O) groups excluding carboxylic acids is 2. The van der Waals surface area contributed by atoms with Gasteiger partial charge in [0.2, 0.25) is 12.1 Å². The lowest BCUT2D eigenvalue weighted by Gasteiger charge is -2.25. The van der Waals surface area contributed by atoms with Crippen molar-refractivity contribution in [2.24, 2.45) is 22.7 Å². The minimum Gasteiger partial charge on any atom is -0.392 e. The Morgan fingerprint density at radius 3 is 2.53 bits per heavy atom. The highest BCUT2D eigenvalue weighted by molar-refractivity contribution is 6.13. The van der Waals surface area contributed by atoms with Gasteiger partial charge in [-0.15, -0.1) is 0 Å². The Bertz CT molecular complexity index is 887. The molecule has 1 unspecified atom stereocenters. The lowest BCUT2D eigenvalue weighted by Crippen LogP contribution is -2.49. The molecule has 1 aliphatic heterocycles. The fourth-order valence-corrected chi connectivity index (χ4v) is 5.53. The first kappa shape index (κ1) is 24.9. The summed E-state index contributed by atoms with van der Waals surface area (Å²) in [7, 11) is 1.77. The van der Waals surface area contributed by atoms with Crippen LogP contribution in [0.15, 0.2) is 29.3 Å². The number of anilines is 1. The summed E-state index contributed by atoms with van der Waals surface area (Å²) in [4.78, 5) is 33.5. The summed E-state index contributed by atoms with van der Waals surface area (Å²) in [6.07, 6.45) is 10.7. The first-order valence-corrected chi connectivity index (χ1v) is 13.4. The van der Waals surface area contributed by atoms with E-state index in [2.05, 4.69) is 18.3 Å². The van der Waals surface area contributed by atoms with E-state index >= 15 is 0 Å². The summed E-state index contributed by atoms with van der Waals surface area (Å²) in [6.45, 7) is 2.09. The number of carbonyl (C=O) groups is 2. The number of fused-ring (bicyclic) bond motifs is 1. The van der Waals surface area contributed by atoms with Crippen LogP contribution in [0.2, 0.25) is 0 Å². The predicted molar refractivity (Wildman–Crippen MR) is 136 cm³/mol. The van der Waals surface area contributed by atoms with Gasteiger partial charge in [-0.1, -0.05) is 76.5 Å². The third kappa shape index (κ3) is 5.88. The molecule has 2 saturated carbocycles. The van der Waals surface area contributed by atoms with Crippen molar-refractivity contribution in [3.8, 4) is 0 Å². The van der Waals surface area contributed by atoms with Crippen molar-refractivity contribution in [3.63, 3.8) is 0 Å². The first-order valence-electron chi connectivity index (χ1n) is 13.4. The Morgan fingerprint density at radius 2 is 1.85 bits per heavy atom. The van der Waals surface area contributed by atoms with Gasteiger partial charge in [0.1, 0.15) is 0 Å². The fraction of sp³-hybridized carbons (Fsp3) is 0.679. The van der Waals surface area contributed by atoms with E-state index in [1.807, 2.05) is 18.2 Å². The van der Waals surface area contributed by atoms with Gasteiger partial charge in [-0.05, 0) is 37.7 Å². The van der Waals surface area contributed by atoms with Gasteiger partial charge >= 0.3 is 0 Å². The zero-order valence-electron chi connectivity index (χ0n) is 20.8. The fourth-order valence-electron chi connectivity index (χ4n) is 5.53. The predicted octanol–water partition coefficient (Wildman–Crippen LogP) is 4.83. The summed E-state index contributed by atoms with van der Waals surface area (Å²) < 4.78 is 0. The van der Waals surface area contributed by atoms with Crippen molar-refractivity contribution in [1.82, 2.24) is 5.32 Å². The zero-order valence-corrected chi connectivity index (χ0v) is 20.8. The van der Waals surface area contributed by atoms with Crippen molar-refractivity contribution in [2.75, 3.05) is 11.9 Å². The second-order valence-electron chi connectivity index (χ2n) is 10.5. The average Bonchev–Trinajstić information content (AvgIpc) is 3.70. The molecule has 0 bridgehead atoms. The number of aliphatic hydroxyl groups is 1. The van der Waals surface area contributed by atoms with Gasteiger partial charge in [0.25, 0.3) is 5.91 Å². The second-order valence-corrected chi connectivity index (χ2v) is 10.5. The normalized spacial score (nSPS) is 23.4. The molecule has 2 aliphatic carbocycles. The van der Waals surface area contributed by atoms with E-state index in [1.165, 1.54) is 25.7 Å². The maximum absolute atomic E-state index is 13.5. The molecule has 34 heavy (non-hydrogen) atoms. The number of benzene rings is 1. The van der Waals surface area contributed by atoms with E-state index in [-0.39, 0.29) is 11.8 Å². The molecule has 1 heterocycles. The summed E-state index contributed by atoms with van der Waals surface area (Å²) in [5.41, 5.74) is 2.80. The van der Waals surface area contributed by atoms with Gasteiger partial charge in [-0.2, -0.15) is 0 Å². The van der Waals surface area contributed by atoms with Gasteiger partial charge < -0.3 is 15.3 Å². The first-order chi connectivity index (χ1) is 16.5. The number of hydrogen-bond donors (Lipinski definition) is 2. The number of nitrogens with zero attached hydrogens (tertiary/aromatic N) is 2. The van der Waals surface area contributed by atoms with E-state index in [4.69, 9.17) is 4.99 Å². The van der Waals surface area contributed by atoms with E-state index in [0.29, 0.717) is 24.7 Å². The number of benzodiazepines with no additional fused rings is 1. The molecule has 2 N–H and O–H groups in total. The highest BCUT2D eigenvalue weighted by atomic mass is 16.3. The molecule has 3 aliphatic rings. The maximum atomic E-state index is 13.5. The number of amides is 2. The van der Waals surface area contributed by atoms with E-state index in [9.17, 15) is 14.7 Å². The Labute approximate surface area is 204 Å². The van der Waals surface area contributed by atoms with Crippen LogP contribution in [0.25, 0.3) is 0 Å². The van der Waals surface area contributed by atoms with Gasteiger partial charge in [-0.3, -0.25) is 14.6 Å². The molecule has 6 nitrogen and oxygen atoms in total. The molecule has 4 rings (SSSR count). The molecule has 0 aromatic heterocycles. The number of aliphatic imine (C=N–C) groups is 1. The quantitative estimate of drug-likeness (QED) is 0.510. The van der Waals surface area contributed by atoms with Crippen LogP contribution in [0.5, 0.6) is 0 Å². The van der Waals surface area contributed by atoms with Crippen LogP contribution in [0.1, 0.15) is 89.5 Å². The number of hydrogen-bond acceptors (Lipinski definition) is 4. The van der Waals surface area contributed by atoms with Gasteiger partial charge in [0.05, 0.1) is 23.4 Å². The van der Waals surface area contributed by atoms with Crippen molar-refractivity contribution in [2.45, 2.75) is 96.2 Å². The number of rotatable bonds is 9. The van der Waals surface area contributed by atoms with Gasteiger partial charge in [-0.25, -0.2) is 0 Å². The third-order valence-corrected chi connectivity index (χ3v) is 7.83. The van der Waals surface area contributed by atoms with Gasteiger partial charge in [0.15, 0.2) is 0 Å². The summed E-state index contributed by atoms with van der Waals surface area (Å²) >= 11 is 0. The largest absolute Gasteiger partial charge is 0.392 e. The number of aliphatic hydroxyl groups excluding tert-OH is 1. The van der Waals surface area contributed by atoms with Crippen molar-refractivity contribution in [3.05, 3.63) is 29.8 Å². The van der Waals surface area contributed by atoms with Gasteiger partial charge in [0, 0.05) is 18.5 Å². The second kappa shape index (κ2) is 11.5. The van der Waals surface area contributed by atoms with Crippen molar-refractivity contribution >= 4 is 23.2 Å². The topological polar surface area (TPSA) is 82.0 Å². The lowest BCUT2D eigenvalue weighted by molar-refractivity contribution is -0.133. The molecular formula is C28H41N3O3. The van der Waals surface area contributed by atoms with Crippen LogP contribution in [-0.4, -0.2) is 41.9 Å². The highest BCUT2D eigenvalue weighted by Crippen LogP contribution is 2.37. The Kier molecular flexibility index (Phi) is 8.41. The Morgan fingerprint density at radius 1 is 1.15 bits per heavy atom. The number of nitrogens with one attached hydrogen (secondary N) is 1. The minimum atomic E-state index is -0.955. The SMILES string of the molecule is CCCC[C@H](O)[C@@H](CC1CC1)C(=O)NC1N=C(C2CCCCCC2)c2ccccc2N(C)C1=O. The molecule has 186 valence electrons.